The van der Waals surface area contributed by atoms with Crippen LogP contribution in [0.5, 0.6) is 5.75 Å². The lowest BCUT2D eigenvalue weighted by molar-refractivity contribution is -0.123. The number of anilines is 1. The van der Waals surface area contributed by atoms with E-state index in [9.17, 15) is 9.90 Å². The van der Waals surface area contributed by atoms with E-state index in [1.807, 2.05) is 6.92 Å². The Hall–Kier alpha value is -1.30. The highest BCUT2D eigenvalue weighted by molar-refractivity contribution is 6.31. The number of carbonyl (C=O) groups is 1. The summed E-state index contributed by atoms with van der Waals surface area (Å²) in [6.45, 7) is 1.68. The molecule has 0 fully saturated rings. The Kier molecular flexibility index (Phi) is 4.74. The van der Waals surface area contributed by atoms with Crippen LogP contribution in [0.3, 0.4) is 0 Å². The number of hydrogen-bond acceptors (Lipinski definition) is 4. The molecule has 0 saturated carbocycles. The molecule has 0 aliphatic carbocycles. The minimum atomic E-state index is -1.25. The van der Waals surface area contributed by atoms with Crippen LogP contribution < -0.4 is 15.8 Å². The van der Waals surface area contributed by atoms with Crippen molar-refractivity contribution in [3.8, 4) is 5.75 Å². The van der Waals surface area contributed by atoms with E-state index in [2.05, 4.69) is 5.32 Å². The Bertz CT molecular complexity index is 423. The summed E-state index contributed by atoms with van der Waals surface area (Å²) >= 11 is 5.95. The molecule has 0 saturated heterocycles. The van der Waals surface area contributed by atoms with Gasteiger partial charge in [0.15, 0.2) is 0 Å². The number of benzene rings is 1. The molecule has 1 aromatic carbocycles. The first-order valence-electron chi connectivity index (χ1n) is 5.02. The lowest BCUT2D eigenvalue weighted by atomic mass is 10.2. The molecule has 94 valence electrons. The van der Waals surface area contributed by atoms with Crippen molar-refractivity contribution in [2.75, 3.05) is 19.0 Å². The Morgan fingerprint density at radius 1 is 1.65 bits per heavy atom. The van der Waals surface area contributed by atoms with Gasteiger partial charge in [-0.25, -0.2) is 0 Å². The number of methoxy groups -OCH3 is 1. The van der Waals surface area contributed by atoms with Gasteiger partial charge >= 0.3 is 0 Å². The molecular weight excluding hydrogens is 244 g/mol. The molecule has 0 heterocycles. The molecule has 6 heteroatoms. The van der Waals surface area contributed by atoms with Gasteiger partial charge in [-0.15, -0.1) is 0 Å². The van der Waals surface area contributed by atoms with Crippen LogP contribution in [0.25, 0.3) is 0 Å². The van der Waals surface area contributed by atoms with Crippen LogP contribution >= 0.6 is 11.6 Å². The van der Waals surface area contributed by atoms with Crippen LogP contribution in [0, 0.1) is 6.92 Å². The number of halogens is 1. The summed E-state index contributed by atoms with van der Waals surface area (Å²) in [5.41, 5.74) is 6.42. The molecule has 0 aliphatic heterocycles. The van der Waals surface area contributed by atoms with Gasteiger partial charge in [0, 0.05) is 11.6 Å². The number of nitrogens with two attached hydrogens (primary N) is 1. The molecule has 1 rings (SSSR count). The van der Waals surface area contributed by atoms with E-state index >= 15 is 0 Å². The molecule has 0 spiro atoms. The van der Waals surface area contributed by atoms with Gasteiger partial charge in [-0.2, -0.15) is 0 Å². The Morgan fingerprint density at radius 2 is 2.29 bits per heavy atom. The fraction of sp³-hybridized carbons (Fsp3) is 0.364. The van der Waals surface area contributed by atoms with Crippen LogP contribution in [0.2, 0.25) is 5.02 Å². The van der Waals surface area contributed by atoms with Gasteiger partial charge < -0.3 is 20.9 Å². The zero-order chi connectivity index (χ0) is 13.0. The van der Waals surface area contributed by atoms with Gasteiger partial charge in [-0.1, -0.05) is 11.6 Å². The average molecular weight is 259 g/mol. The minimum Gasteiger partial charge on any atom is -0.495 e. The van der Waals surface area contributed by atoms with Gasteiger partial charge in [0.2, 0.25) is 0 Å². The molecule has 1 atom stereocenters. The van der Waals surface area contributed by atoms with Crippen molar-refractivity contribution in [3.05, 3.63) is 22.7 Å². The molecule has 5 nitrogen and oxygen atoms in total. The number of aliphatic hydroxyl groups is 1. The maximum atomic E-state index is 11.5. The summed E-state index contributed by atoms with van der Waals surface area (Å²) in [6.07, 6.45) is -1.25. The fourth-order valence-corrected chi connectivity index (χ4v) is 1.41. The summed E-state index contributed by atoms with van der Waals surface area (Å²) in [5.74, 6) is -0.116. The lowest BCUT2D eigenvalue weighted by Crippen LogP contribution is -2.34. The third-order valence-corrected chi connectivity index (χ3v) is 2.67. The number of aliphatic hydroxyl groups excluding tert-OH is 1. The summed E-state index contributed by atoms with van der Waals surface area (Å²) in [7, 11) is 1.48. The van der Waals surface area contributed by atoms with E-state index in [0.29, 0.717) is 16.5 Å². The Morgan fingerprint density at radius 3 is 2.82 bits per heavy atom. The van der Waals surface area contributed by atoms with Crippen molar-refractivity contribution in [2.24, 2.45) is 5.73 Å². The molecule has 0 aliphatic rings. The van der Waals surface area contributed by atoms with Crippen molar-refractivity contribution < 1.29 is 14.6 Å². The van der Waals surface area contributed by atoms with E-state index in [-0.39, 0.29) is 6.54 Å². The molecule has 17 heavy (non-hydrogen) atoms. The van der Waals surface area contributed by atoms with E-state index in [1.54, 1.807) is 12.1 Å². The van der Waals surface area contributed by atoms with Crippen LogP contribution in [0.1, 0.15) is 5.56 Å². The normalized spacial score (nSPS) is 12.1. The standard InChI is InChI=1S/C11H15ClN2O3/c1-6-3-10(17-2)8(4-7(6)12)14-11(16)9(15)5-13/h3-4,9,15H,5,13H2,1-2H3,(H,14,16). The van der Waals surface area contributed by atoms with E-state index < -0.39 is 12.0 Å². The third-order valence-electron chi connectivity index (χ3n) is 2.26. The molecular formula is C11H15ClN2O3. The number of nitrogens with one attached hydrogen (secondary N) is 1. The molecule has 1 amide bonds. The topological polar surface area (TPSA) is 84.6 Å². The average Bonchev–Trinajstić information content (AvgIpc) is 2.32. The molecule has 4 N–H and O–H groups in total. The van der Waals surface area contributed by atoms with Crippen LogP contribution in [0.15, 0.2) is 12.1 Å². The minimum absolute atomic E-state index is 0.145. The lowest BCUT2D eigenvalue weighted by Gasteiger charge is -2.14. The number of rotatable bonds is 4. The van der Waals surface area contributed by atoms with Gasteiger partial charge in [0.05, 0.1) is 12.8 Å². The molecule has 1 aromatic rings. The highest BCUT2D eigenvalue weighted by Gasteiger charge is 2.15. The van der Waals surface area contributed by atoms with Gasteiger partial charge in [0.1, 0.15) is 11.9 Å². The molecule has 1 unspecified atom stereocenters. The molecule has 0 bridgehead atoms. The predicted molar refractivity (Wildman–Crippen MR) is 66.4 cm³/mol. The SMILES string of the molecule is COc1cc(C)c(Cl)cc1NC(=O)C(O)CN. The smallest absolute Gasteiger partial charge is 0.254 e. The number of carbonyl (C=O) groups excluding carboxylic acids is 1. The summed E-state index contributed by atoms with van der Waals surface area (Å²) in [6, 6.07) is 3.27. The van der Waals surface area contributed by atoms with E-state index in [0.717, 1.165) is 5.56 Å². The van der Waals surface area contributed by atoms with Gasteiger partial charge in [-0.3, -0.25) is 4.79 Å². The first-order chi connectivity index (χ1) is 7.99. The second-order valence-corrected chi connectivity index (χ2v) is 3.95. The van der Waals surface area contributed by atoms with E-state index in [1.165, 1.54) is 7.11 Å². The molecule has 0 radical (unpaired) electrons. The van der Waals surface area contributed by atoms with Crippen molar-refractivity contribution in [1.82, 2.24) is 0 Å². The Labute approximate surface area is 105 Å². The number of amides is 1. The largest absolute Gasteiger partial charge is 0.495 e. The maximum absolute atomic E-state index is 11.5. The van der Waals surface area contributed by atoms with Crippen LogP contribution in [-0.2, 0) is 4.79 Å². The van der Waals surface area contributed by atoms with Crippen molar-refractivity contribution >= 4 is 23.2 Å². The highest BCUT2D eigenvalue weighted by atomic mass is 35.5. The van der Waals surface area contributed by atoms with Gasteiger partial charge in [-0.05, 0) is 24.6 Å². The second-order valence-electron chi connectivity index (χ2n) is 3.54. The van der Waals surface area contributed by atoms with Crippen molar-refractivity contribution in [2.45, 2.75) is 13.0 Å². The second kappa shape index (κ2) is 5.86. The first-order valence-corrected chi connectivity index (χ1v) is 5.40. The first kappa shape index (κ1) is 13.8. The van der Waals surface area contributed by atoms with Crippen molar-refractivity contribution in [3.63, 3.8) is 0 Å². The quantitative estimate of drug-likeness (QED) is 0.750. The highest BCUT2D eigenvalue weighted by Crippen LogP contribution is 2.30. The van der Waals surface area contributed by atoms with Gasteiger partial charge in [0.25, 0.3) is 5.91 Å². The summed E-state index contributed by atoms with van der Waals surface area (Å²) in [4.78, 5) is 11.5. The monoisotopic (exact) mass is 258 g/mol. The predicted octanol–water partition coefficient (Wildman–Crippen LogP) is 0.915. The Balaban J connectivity index is 2.97. The number of hydrogen-bond donors (Lipinski definition) is 3. The van der Waals surface area contributed by atoms with Crippen molar-refractivity contribution in [1.29, 1.82) is 0 Å². The summed E-state index contributed by atoms with van der Waals surface area (Å²) in [5, 5.41) is 12.3. The third kappa shape index (κ3) is 3.33. The number of ether oxygens (including phenoxy) is 1. The van der Waals surface area contributed by atoms with Crippen LogP contribution in [-0.4, -0.2) is 30.8 Å². The zero-order valence-corrected chi connectivity index (χ0v) is 10.4. The maximum Gasteiger partial charge on any atom is 0.254 e. The fourth-order valence-electron chi connectivity index (χ4n) is 1.24. The van der Waals surface area contributed by atoms with E-state index in [4.69, 9.17) is 22.1 Å². The summed E-state index contributed by atoms with van der Waals surface area (Å²) < 4.78 is 5.11. The number of aryl methyl sites for hydroxylation is 1. The molecule has 0 aromatic heterocycles. The zero-order valence-electron chi connectivity index (χ0n) is 9.66. The van der Waals surface area contributed by atoms with Crippen LogP contribution in [0.4, 0.5) is 5.69 Å².